The van der Waals surface area contributed by atoms with Crippen molar-refractivity contribution in [2.24, 2.45) is 11.7 Å². The van der Waals surface area contributed by atoms with Gasteiger partial charge < -0.3 is 10.8 Å². The van der Waals surface area contributed by atoms with Gasteiger partial charge in [-0.2, -0.15) is 0 Å². The van der Waals surface area contributed by atoms with Gasteiger partial charge in [-0.1, -0.05) is 44.2 Å². The molecule has 0 radical (unpaired) electrons. The molecule has 0 aliphatic rings. The maximum absolute atomic E-state index is 9.97. The van der Waals surface area contributed by atoms with Gasteiger partial charge in [-0.05, 0) is 30.5 Å². The number of hydrogen-bond donors (Lipinski definition) is 2. The Bertz CT molecular complexity index is 417. The summed E-state index contributed by atoms with van der Waals surface area (Å²) in [6, 6.07) is 7.95. The molecule has 98 valence electrons. The molecule has 0 bridgehead atoms. The highest BCUT2D eigenvalue weighted by Gasteiger charge is 2.13. The lowest BCUT2D eigenvalue weighted by atomic mass is 9.96. The second kappa shape index (κ2) is 7.92. The molecule has 0 saturated carbocycles. The van der Waals surface area contributed by atoms with Gasteiger partial charge in [-0.3, -0.25) is 0 Å². The average Bonchev–Trinajstić information content (AvgIpc) is 2.40. The van der Waals surface area contributed by atoms with Gasteiger partial charge in [0.2, 0.25) is 0 Å². The third-order valence-electron chi connectivity index (χ3n) is 3.05. The number of aliphatic hydroxyl groups excluding tert-OH is 1. The summed E-state index contributed by atoms with van der Waals surface area (Å²) < 4.78 is 0. The Morgan fingerprint density at radius 2 is 2.11 bits per heavy atom. The predicted molar refractivity (Wildman–Crippen MR) is 75.9 cm³/mol. The van der Waals surface area contributed by atoms with Crippen LogP contribution in [-0.2, 0) is 6.54 Å². The minimum Gasteiger partial charge on any atom is -0.392 e. The van der Waals surface area contributed by atoms with Crippen molar-refractivity contribution in [3.8, 4) is 11.8 Å². The first-order chi connectivity index (χ1) is 8.71. The molecule has 1 aromatic carbocycles. The van der Waals surface area contributed by atoms with Crippen LogP contribution in [0, 0.1) is 17.8 Å². The zero-order chi connectivity index (χ0) is 13.4. The minimum atomic E-state index is -0.315. The van der Waals surface area contributed by atoms with Crippen LogP contribution in [0.15, 0.2) is 24.3 Å². The summed E-state index contributed by atoms with van der Waals surface area (Å²) >= 11 is 0. The van der Waals surface area contributed by atoms with Gasteiger partial charge in [0.25, 0.3) is 0 Å². The maximum Gasteiger partial charge on any atom is 0.0677 e. The summed E-state index contributed by atoms with van der Waals surface area (Å²) in [6.07, 6.45) is 2.37. The Hall–Kier alpha value is -1.30. The molecule has 1 aromatic rings. The summed E-state index contributed by atoms with van der Waals surface area (Å²) in [5, 5.41) is 9.97. The van der Waals surface area contributed by atoms with Crippen molar-refractivity contribution in [1.82, 2.24) is 0 Å². The normalized spacial score (nSPS) is 13.6. The third-order valence-corrected chi connectivity index (χ3v) is 3.05. The van der Waals surface area contributed by atoms with E-state index in [2.05, 4.69) is 25.7 Å². The molecule has 0 aliphatic heterocycles. The molecule has 3 N–H and O–H groups in total. The van der Waals surface area contributed by atoms with Gasteiger partial charge in [-0.25, -0.2) is 0 Å². The lowest BCUT2D eigenvalue weighted by molar-refractivity contribution is 0.122. The van der Waals surface area contributed by atoms with E-state index in [-0.39, 0.29) is 12.0 Å². The summed E-state index contributed by atoms with van der Waals surface area (Å²) in [5.74, 6) is 6.39. The summed E-state index contributed by atoms with van der Waals surface area (Å²) in [6.45, 7) is 4.67. The van der Waals surface area contributed by atoms with Crippen LogP contribution in [0.4, 0.5) is 0 Å². The van der Waals surface area contributed by atoms with E-state index in [1.807, 2.05) is 24.3 Å². The Labute approximate surface area is 110 Å². The first kappa shape index (κ1) is 14.8. The lowest BCUT2D eigenvalue weighted by Crippen LogP contribution is -2.17. The van der Waals surface area contributed by atoms with Crippen molar-refractivity contribution in [1.29, 1.82) is 0 Å². The predicted octanol–water partition coefficient (Wildman–Crippen LogP) is 2.68. The number of hydrogen-bond acceptors (Lipinski definition) is 2. The largest absolute Gasteiger partial charge is 0.392 e. The molecule has 1 rings (SSSR count). The minimum absolute atomic E-state index is 0.0616. The fourth-order valence-electron chi connectivity index (χ4n) is 1.92. The van der Waals surface area contributed by atoms with Crippen LogP contribution in [0.2, 0.25) is 0 Å². The van der Waals surface area contributed by atoms with E-state index in [0.29, 0.717) is 6.54 Å². The van der Waals surface area contributed by atoms with Gasteiger partial charge in [0.05, 0.1) is 6.10 Å². The van der Waals surface area contributed by atoms with Crippen molar-refractivity contribution in [2.45, 2.75) is 45.8 Å². The Morgan fingerprint density at radius 1 is 1.33 bits per heavy atom. The van der Waals surface area contributed by atoms with Gasteiger partial charge in [0.1, 0.15) is 0 Å². The topological polar surface area (TPSA) is 46.2 Å². The zero-order valence-corrected chi connectivity index (χ0v) is 11.3. The highest BCUT2D eigenvalue weighted by Crippen LogP contribution is 2.13. The van der Waals surface area contributed by atoms with Crippen LogP contribution in [0.5, 0.6) is 0 Å². The van der Waals surface area contributed by atoms with Crippen LogP contribution in [0.3, 0.4) is 0 Å². The summed E-state index contributed by atoms with van der Waals surface area (Å²) in [4.78, 5) is 0. The lowest BCUT2D eigenvalue weighted by Gasteiger charge is -2.15. The molecule has 18 heavy (non-hydrogen) atoms. The Balaban J connectivity index is 2.77. The third kappa shape index (κ3) is 4.52. The van der Waals surface area contributed by atoms with Gasteiger partial charge in [0, 0.05) is 18.0 Å². The fraction of sp³-hybridized carbons (Fsp3) is 0.500. The maximum atomic E-state index is 9.97. The molecule has 0 saturated heterocycles. The molecular formula is C16H23NO. The number of benzene rings is 1. The Kier molecular flexibility index (Phi) is 6.49. The fourth-order valence-corrected chi connectivity index (χ4v) is 1.92. The molecule has 0 spiro atoms. The number of nitrogens with two attached hydrogens (primary N) is 1. The highest BCUT2D eigenvalue weighted by molar-refractivity contribution is 5.37. The van der Waals surface area contributed by atoms with Crippen LogP contribution in [0.1, 0.15) is 44.2 Å². The zero-order valence-electron chi connectivity index (χ0n) is 11.3. The van der Waals surface area contributed by atoms with E-state index in [0.717, 1.165) is 30.4 Å². The van der Waals surface area contributed by atoms with Gasteiger partial charge in [0.15, 0.2) is 0 Å². The summed E-state index contributed by atoms with van der Waals surface area (Å²) in [7, 11) is 0. The van der Waals surface area contributed by atoms with E-state index < -0.39 is 0 Å². The molecule has 2 nitrogen and oxygen atoms in total. The Morgan fingerprint density at radius 3 is 2.72 bits per heavy atom. The second-order valence-corrected chi connectivity index (χ2v) is 4.54. The quantitative estimate of drug-likeness (QED) is 0.783. The van der Waals surface area contributed by atoms with Crippen molar-refractivity contribution in [3.05, 3.63) is 35.4 Å². The van der Waals surface area contributed by atoms with E-state index in [4.69, 9.17) is 5.73 Å². The van der Waals surface area contributed by atoms with Gasteiger partial charge in [-0.15, -0.1) is 0 Å². The van der Waals surface area contributed by atoms with Crippen LogP contribution < -0.4 is 5.73 Å². The molecule has 0 aliphatic carbocycles. The number of rotatable bonds is 5. The second-order valence-electron chi connectivity index (χ2n) is 4.54. The molecule has 2 atom stereocenters. The molecule has 2 heteroatoms. The molecule has 2 unspecified atom stereocenters. The van der Waals surface area contributed by atoms with E-state index in [1.54, 1.807) is 0 Å². The van der Waals surface area contributed by atoms with Crippen molar-refractivity contribution in [3.63, 3.8) is 0 Å². The average molecular weight is 245 g/mol. The van der Waals surface area contributed by atoms with E-state index in [1.165, 1.54) is 0 Å². The standard InChI is InChI=1S/C16H23NO/c1-3-6-16(18)15(4-2)10-9-13-7-5-8-14(11-13)12-17/h5,7-8,11,15-16,18H,3-4,6,12,17H2,1-2H3. The molecule has 0 aromatic heterocycles. The molecule has 0 heterocycles. The van der Waals surface area contributed by atoms with Crippen LogP contribution in [-0.4, -0.2) is 11.2 Å². The van der Waals surface area contributed by atoms with Crippen LogP contribution >= 0.6 is 0 Å². The van der Waals surface area contributed by atoms with Gasteiger partial charge >= 0.3 is 0 Å². The van der Waals surface area contributed by atoms with Crippen LogP contribution in [0.25, 0.3) is 0 Å². The molecule has 0 amide bonds. The first-order valence-corrected chi connectivity index (χ1v) is 6.69. The monoisotopic (exact) mass is 245 g/mol. The van der Waals surface area contributed by atoms with E-state index >= 15 is 0 Å². The van der Waals surface area contributed by atoms with Crippen molar-refractivity contribution < 1.29 is 5.11 Å². The van der Waals surface area contributed by atoms with Crippen molar-refractivity contribution in [2.75, 3.05) is 0 Å². The number of aliphatic hydroxyl groups is 1. The highest BCUT2D eigenvalue weighted by atomic mass is 16.3. The van der Waals surface area contributed by atoms with Crippen molar-refractivity contribution >= 4 is 0 Å². The molecule has 0 fully saturated rings. The molecular weight excluding hydrogens is 222 g/mol. The van der Waals surface area contributed by atoms with E-state index in [9.17, 15) is 5.11 Å². The SMILES string of the molecule is CCCC(O)C(C#Cc1cccc(CN)c1)CC. The first-order valence-electron chi connectivity index (χ1n) is 6.69. The smallest absolute Gasteiger partial charge is 0.0677 e. The summed E-state index contributed by atoms with van der Waals surface area (Å²) in [5.41, 5.74) is 7.66.